The van der Waals surface area contributed by atoms with E-state index < -0.39 is 0 Å². The molecule has 0 bridgehead atoms. The molecule has 0 fully saturated rings. The third kappa shape index (κ3) is 1.53. The van der Waals surface area contributed by atoms with Crippen molar-refractivity contribution >= 4 is 11.6 Å². The molecular formula is C11H11ClN2. The van der Waals surface area contributed by atoms with E-state index in [9.17, 15) is 0 Å². The zero-order valence-corrected chi connectivity index (χ0v) is 8.92. The molecule has 0 saturated carbocycles. The summed E-state index contributed by atoms with van der Waals surface area (Å²) in [4.78, 5) is 0. The lowest BCUT2D eigenvalue weighted by Gasteiger charge is -2.02. The third-order valence-electron chi connectivity index (χ3n) is 2.24. The monoisotopic (exact) mass is 206 g/mol. The van der Waals surface area contributed by atoms with Gasteiger partial charge in [0, 0.05) is 6.20 Å². The van der Waals surface area contributed by atoms with Crippen molar-refractivity contribution in [2.45, 2.75) is 13.8 Å². The highest BCUT2D eigenvalue weighted by atomic mass is 35.5. The van der Waals surface area contributed by atoms with Crippen LogP contribution in [-0.2, 0) is 0 Å². The van der Waals surface area contributed by atoms with Crippen LogP contribution in [0.15, 0.2) is 30.5 Å². The highest BCUT2D eigenvalue weighted by Crippen LogP contribution is 2.19. The molecule has 0 spiro atoms. The smallest absolute Gasteiger partial charge is 0.0831 e. The summed E-state index contributed by atoms with van der Waals surface area (Å²) < 4.78 is 1.81. The molecule has 0 amide bonds. The van der Waals surface area contributed by atoms with Gasteiger partial charge in [-0.05, 0) is 31.5 Å². The van der Waals surface area contributed by atoms with Gasteiger partial charge in [0.2, 0.25) is 0 Å². The normalized spacial score (nSPS) is 10.5. The molecule has 14 heavy (non-hydrogen) atoms. The van der Waals surface area contributed by atoms with Gasteiger partial charge in [-0.2, -0.15) is 5.10 Å². The molecule has 0 aliphatic rings. The van der Waals surface area contributed by atoms with Gasteiger partial charge in [-0.3, -0.25) is 0 Å². The van der Waals surface area contributed by atoms with E-state index in [0.717, 1.165) is 16.4 Å². The summed E-state index contributed by atoms with van der Waals surface area (Å²) in [5, 5.41) is 5.09. The van der Waals surface area contributed by atoms with Crippen LogP contribution in [0, 0.1) is 13.8 Å². The Kier molecular flexibility index (Phi) is 2.30. The van der Waals surface area contributed by atoms with Gasteiger partial charge in [0.25, 0.3) is 0 Å². The minimum absolute atomic E-state index is 0.718. The predicted molar refractivity (Wildman–Crippen MR) is 58.0 cm³/mol. The summed E-state index contributed by atoms with van der Waals surface area (Å²) in [6.07, 6.45) is 1.98. The number of halogens is 1. The number of nitrogens with zero attached hydrogens (tertiary/aromatic N) is 2. The van der Waals surface area contributed by atoms with Gasteiger partial charge in [0.05, 0.1) is 16.4 Å². The number of benzene rings is 1. The molecular weight excluding hydrogens is 196 g/mol. The first-order chi connectivity index (χ1) is 6.68. The molecule has 0 aliphatic carbocycles. The van der Waals surface area contributed by atoms with E-state index in [0.29, 0.717) is 0 Å². The van der Waals surface area contributed by atoms with Gasteiger partial charge >= 0.3 is 0 Å². The van der Waals surface area contributed by atoms with Gasteiger partial charge < -0.3 is 0 Å². The molecule has 0 unspecified atom stereocenters. The van der Waals surface area contributed by atoms with Crippen LogP contribution in [0.5, 0.6) is 0 Å². The molecule has 0 saturated heterocycles. The predicted octanol–water partition coefficient (Wildman–Crippen LogP) is 3.14. The van der Waals surface area contributed by atoms with Crippen LogP contribution in [0.2, 0.25) is 5.02 Å². The average Bonchev–Trinajstić information content (AvgIpc) is 2.48. The van der Waals surface area contributed by atoms with Crippen molar-refractivity contribution in [3.8, 4) is 5.69 Å². The first-order valence-corrected chi connectivity index (χ1v) is 4.84. The lowest BCUT2D eigenvalue weighted by molar-refractivity contribution is 0.863. The van der Waals surface area contributed by atoms with E-state index in [-0.39, 0.29) is 0 Å². The Morgan fingerprint density at radius 2 is 1.93 bits per heavy atom. The average molecular weight is 207 g/mol. The fourth-order valence-electron chi connectivity index (χ4n) is 1.31. The number of para-hydroxylation sites is 1. The maximum Gasteiger partial charge on any atom is 0.0831 e. The summed E-state index contributed by atoms with van der Waals surface area (Å²) in [6.45, 7) is 4.03. The quantitative estimate of drug-likeness (QED) is 0.701. The number of aryl methyl sites for hydroxylation is 2. The highest BCUT2D eigenvalue weighted by Gasteiger charge is 2.04. The van der Waals surface area contributed by atoms with E-state index in [1.807, 2.05) is 49.0 Å². The highest BCUT2D eigenvalue weighted by molar-refractivity contribution is 6.32. The minimum Gasteiger partial charge on any atom is -0.239 e. The van der Waals surface area contributed by atoms with E-state index in [2.05, 4.69) is 5.10 Å². The SMILES string of the molecule is Cc1cn(-c2ccccc2Cl)nc1C. The molecule has 2 aromatic rings. The van der Waals surface area contributed by atoms with Crippen molar-refractivity contribution < 1.29 is 0 Å². The topological polar surface area (TPSA) is 17.8 Å². The third-order valence-corrected chi connectivity index (χ3v) is 2.56. The van der Waals surface area contributed by atoms with Crippen LogP contribution in [0.4, 0.5) is 0 Å². The summed E-state index contributed by atoms with van der Waals surface area (Å²) in [6, 6.07) is 7.68. The maximum absolute atomic E-state index is 6.06. The Balaban J connectivity index is 2.55. The number of rotatable bonds is 1. The minimum atomic E-state index is 0.718. The lowest BCUT2D eigenvalue weighted by Crippen LogP contribution is -1.95. The van der Waals surface area contributed by atoms with Crippen LogP contribution in [-0.4, -0.2) is 9.78 Å². The van der Waals surface area contributed by atoms with Gasteiger partial charge in [0.1, 0.15) is 0 Å². The van der Waals surface area contributed by atoms with E-state index >= 15 is 0 Å². The number of aromatic nitrogens is 2. The molecule has 0 N–H and O–H groups in total. The van der Waals surface area contributed by atoms with E-state index in [4.69, 9.17) is 11.6 Å². The summed E-state index contributed by atoms with van der Waals surface area (Å²) in [7, 11) is 0. The number of hydrogen-bond donors (Lipinski definition) is 0. The first kappa shape index (κ1) is 9.28. The number of hydrogen-bond acceptors (Lipinski definition) is 1. The summed E-state index contributed by atoms with van der Waals surface area (Å²) >= 11 is 6.06. The van der Waals surface area contributed by atoms with Gasteiger partial charge in [0.15, 0.2) is 0 Å². The Hall–Kier alpha value is -1.28. The van der Waals surface area contributed by atoms with Crippen LogP contribution < -0.4 is 0 Å². The second kappa shape index (κ2) is 3.46. The van der Waals surface area contributed by atoms with Crippen LogP contribution in [0.3, 0.4) is 0 Å². The lowest BCUT2D eigenvalue weighted by atomic mass is 10.3. The van der Waals surface area contributed by atoms with Gasteiger partial charge in [-0.15, -0.1) is 0 Å². The first-order valence-electron chi connectivity index (χ1n) is 4.46. The van der Waals surface area contributed by atoms with Gasteiger partial charge in [-0.25, -0.2) is 4.68 Å². The largest absolute Gasteiger partial charge is 0.239 e. The summed E-state index contributed by atoms with van der Waals surface area (Å²) in [5.41, 5.74) is 3.13. The fraction of sp³-hybridized carbons (Fsp3) is 0.182. The van der Waals surface area contributed by atoms with Crippen molar-refractivity contribution in [1.82, 2.24) is 9.78 Å². The Bertz CT molecular complexity index is 441. The van der Waals surface area contributed by atoms with Crippen molar-refractivity contribution in [1.29, 1.82) is 0 Å². The molecule has 1 heterocycles. The van der Waals surface area contributed by atoms with Crippen LogP contribution >= 0.6 is 11.6 Å². The summed E-state index contributed by atoms with van der Waals surface area (Å²) in [5.74, 6) is 0. The molecule has 2 rings (SSSR count). The van der Waals surface area contributed by atoms with E-state index in [1.54, 1.807) is 0 Å². The molecule has 3 heteroatoms. The molecule has 2 nitrogen and oxygen atoms in total. The zero-order valence-electron chi connectivity index (χ0n) is 8.16. The fourth-order valence-corrected chi connectivity index (χ4v) is 1.53. The van der Waals surface area contributed by atoms with Crippen molar-refractivity contribution in [3.05, 3.63) is 46.7 Å². The van der Waals surface area contributed by atoms with Crippen molar-refractivity contribution in [2.75, 3.05) is 0 Å². The molecule has 0 atom stereocenters. The van der Waals surface area contributed by atoms with Crippen molar-refractivity contribution in [3.63, 3.8) is 0 Å². The Labute approximate surface area is 88.1 Å². The maximum atomic E-state index is 6.06. The molecule has 1 aromatic heterocycles. The molecule has 1 aromatic carbocycles. The second-order valence-electron chi connectivity index (χ2n) is 3.29. The molecule has 72 valence electrons. The van der Waals surface area contributed by atoms with E-state index in [1.165, 1.54) is 5.56 Å². The standard InChI is InChI=1S/C11H11ClN2/c1-8-7-14(13-9(8)2)11-6-4-3-5-10(11)12/h3-7H,1-2H3. The van der Waals surface area contributed by atoms with Gasteiger partial charge in [-0.1, -0.05) is 23.7 Å². The van der Waals surface area contributed by atoms with Crippen LogP contribution in [0.1, 0.15) is 11.3 Å². The van der Waals surface area contributed by atoms with Crippen LogP contribution in [0.25, 0.3) is 5.69 Å². The zero-order chi connectivity index (χ0) is 10.1. The molecule has 0 aliphatic heterocycles. The Morgan fingerprint density at radius 1 is 1.21 bits per heavy atom. The Morgan fingerprint density at radius 3 is 2.50 bits per heavy atom. The van der Waals surface area contributed by atoms with Crippen molar-refractivity contribution in [2.24, 2.45) is 0 Å². The second-order valence-corrected chi connectivity index (χ2v) is 3.70. The molecule has 0 radical (unpaired) electrons.